The van der Waals surface area contributed by atoms with E-state index in [0.29, 0.717) is 28.0 Å². The Bertz CT molecular complexity index is 963. The number of methoxy groups -OCH3 is 3. The molecule has 1 amide bonds. The van der Waals surface area contributed by atoms with Crippen molar-refractivity contribution in [2.24, 2.45) is 5.92 Å². The third-order valence-corrected chi connectivity index (χ3v) is 6.58. The van der Waals surface area contributed by atoms with Gasteiger partial charge in [0.05, 0.1) is 26.9 Å². The predicted octanol–water partition coefficient (Wildman–Crippen LogP) is 4.72. The Morgan fingerprint density at radius 3 is 2.63 bits per heavy atom. The highest BCUT2D eigenvalue weighted by molar-refractivity contribution is 7.17. The minimum atomic E-state index is -0.401. The first-order valence-electron chi connectivity index (χ1n) is 9.94. The van der Waals surface area contributed by atoms with Crippen LogP contribution in [0.5, 0.6) is 11.5 Å². The standard InChI is InChI=1S/C23H27NO5S/c1-5-14-6-9-16-19(13-14)30-22(21(16)23(26)29-4)24-20(25)11-8-15-7-10-17(27-2)18(12-15)28-3/h7-8,10-12,14H,5-6,9,13H2,1-4H3,(H,24,25)/b11-8+. The smallest absolute Gasteiger partial charge is 0.341 e. The number of rotatable bonds is 7. The van der Waals surface area contributed by atoms with Crippen LogP contribution < -0.4 is 14.8 Å². The molecule has 1 N–H and O–H groups in total. The lowest BCUT2D eigenvalue weighted by Crippen LogP contribution is -2.15. The van der Waals surface area contributed by atoms with Gasteiger partial charge in [0.25, 0.3) is 0 Å². The molecular formula is C23H27NO5S. The van der Waals surface area contributed by atoms with E-state index < -0.39 is 5.97 Å². The van der Waals surface area contributed by atoms with Gasteiger partial charge in [-0.25, -0.2) is 4.79 Å². The fraction of sp³-hybridized carbons (Fsp3) is 0.391. The molecule has 6 nitrogen and oxygen atoms in total. The molecule has 160 valence electrons. The number of carbonyl (C=O) groups excluding carboxylic acids is 2. The third kappa shape index (κ3) is 4.67. The van der Waals surface area contributed by atoms with Crippen LogP contribution in [0.3, 0.4) is 0 Å². The van der Waals surface area contributed by atoms with E-state index in [1.165, 1.54) is 29.4 Å². The maximum atomic E-state index is 12.6. The average Bonchev–Trinajstić information content (AvgIpc) is 3.13. The Morgan fingerprint density at radius 1 is 1.20 bits per heavy atom. The molecule has 1 atom stereocenters. The van der Waals surface area contributed by atoms with Gasteiger partial charge in [-0.15, -0.1) is 11.3 Å². The SMILES string of the molecule is CCC1CCc2c(sc(NC(=O)/C=C/c3ccc(OC)c(OC)c3)c2C(=O)OC)C1. The van der Waals surface area contributed by atoms with Gasteiger partial charge >= 0.3 is 5.97 Å². The van der Waals surface area contributed by atoms with Crippen LogP contribution in [0, 0.1) is 5.92 Å². The number of fused-ring (bicyclic) bond motifs is 1. The van der Waals surface area contributed by atoms with Crippen LogP contribution in [0.15, 0.2) is 24.3 Å². The summed E-state index contributed by atoms with van der Waals surface area (Å²) in [5.74, 6) is 1.12. The monoisotopic (exact) mass is 429 g/mol. The summed E-state index contributed by atoms with van der Waals surface area (Å²) < 4.78 is 15.5. The first kappa shape index (κ1) is 21.9. The van der Waals surface area contributed by atoms with Gasteiger partial charge in [-0.1, -0.05) is 19.4 Å². The molecular weight excluding hydrogens is 402 g/mol. The van der Waals surface area contributed by atoms with Crippen LogP contribution in [-0.4, -0.2) is 33.2 Å². The molecule has 2 aromatic rings. The van der Waals surface area contributed by atoms with Gasteiger partial charge in [-0.3, -0.25) is 4.79 Å². The minimum Gasteiger partial charge on any atom is -0.493 e. The number of thiophene rings is 1. The van der Waals surface area contributed by atoms with E-state index in [-0.39, 0.29) is 5.91 Å². The number of anilines is 1. The molecule has 0 aliphatic heterocycles. The Labute approximate surface area is 180 Å². The summed E-state index contributed by atoms with van der Waals surface area (Å²) in [7, 11) is 4.50. The molecule has 1 aliphatic rings. The zero-order valence-corrected chi connectivity index (χ0v) is 18.6. The van der Waals surface area contributed by atoms with Crippen LogP contribution >= 0.6 is 11.3 Å². The summed E-state index contributed by atoms with van der Waals surface area (Å²) in [6, 6.07) is 5.40. The number of amides is 1. The predicted molar refractivity (Wildman–Crippen MR) is 119 cm³/mol. The van der Waals surface area contributed by atoms with Crippen molar-refractivity contribution in [1.82, 2.24) is 0 Å². The van der Waals surface area contributed by atoms with E-state index in [2.05, 4.69) is 12.2 Å². The van der Waals surface area contributed by atoms with Crippen molar-refractivity contribution in [3.8, 4) is 11.5 Å². The van der Waals surface area contributed by atoms with Crippen molar-refractivity contribution in [3.05, 3.63) is 45.8 Å². The largest absolute Gasteiger partial charge is 0.493 e. The summed E-state index contributed by atoms with van der Waals surface area (Å²) >= 11 is 1.48. The highest BCUT2D eigenvalue weighted by Crippen LogP contribution is 2.40. The second-order valence-corrected chi connectivity index (χ2v) is 8.26. The van der Waals surface area contributed by atoms with Crippen molar-refractivity contribution in [2.45, 2.75) is 32.6 Å². The summed E-state index contributed by atoms with van der Waals surface area (Å²) in [5.41, 5.74) is 2.32. The quantitative estimate of drug-likeness (QED) is 0.509. The molecule has 0 radical (unpaired) electrons. The van der Waals surface area contributed by atoms with Gasteiger partial charge in [0, 0.05) is 11.0 Å². The van der Waals surface area contributed by atoms with Crippen molar-refractivity contribution < 1.29 is 23.8 Å². The minimum absolute atomic E-state index is 0.305. The fourth-order valence-corrected chi connectivity index (χ4v) is 5.04. The van der Waals surface area contributed by atoms with Gasteiger partial charge in [0.2, 0.25) is 5.91 Å². The molecule has 1 unspecified atom stereocenters. The van der Waals surface area contributed by atoms with Crippen LogP contribution in [-0.2, 0) is 22.4 Å². The Hall–Kier alpha value is -2.80. The van der Waals surface area contributed by atoms with Crippen molar-refractivity contribution in [3.63, 3.8) is 0 Å². The number of carbonyl (C=O) groups is 2. The molecule has 1 aromatic heterocycles. The highest BCUT2D eigenvalue weighted by Gasteiger charge is 2.29. The van der Waals surface area contributed by atoms with E-state index in [1.54, 1.807) is 32.4 Å². The lowest BCUT2D eigenvalue weighted by Gasteiger charge is -2.20. The number of ether oxygens (including phenoxy) is 3. The van der Waals surface area contributed by atoms with Crippen molar-refractivity contribution in [2.75, 3.05) is 26.6 Å². The van der Waals surface area contributed by atoms with Crippen molar-refractivity contribution in [1.29, 1.82) is 0 Å². The summed E-state index contributed by atoms with van der Waals surface area (Å²) in [5, 5.41) is 3.43. The molecule has 7 heteroatoms. The van der Waals surface area contributed by atoms with Crippen LogP contribution in [0.2, 0.25) is 0 Å². The Morgan fingerprint density at radius 2 is 1.97 bits per heavy atom. The molecule has 3 rings (SSSR count). The van der Waals surface area contributed by atoms with Gasteiger partial charge < -0.3 is 19.5 Å². The second kappa shape index (κ2) is 9.80. The average molecular weight is 430 g/mol. The number of hydrogen-bond donors (Lipinski definition) is 1. The topological polar surface area (TPSA) is 73.9 Å². The molecule has 30 heavy (non-hydrogen) atoms. The van der Waals surface area contributed by atoms with E-state index in [9.17, 15) is 9.59 Å². The number of benzene rings is 1. The third-order valence-electron chi connectivity index (χ3n) is 5.41. The van der Waals surface area contributed by atoms with E-state index in [1.807, 2.05) is 6.07 Å². The lowest BCUT2D eigenvalue weighted by molar-refractivity contribution is -0.111. The fourth-order valence-electron chi connectivity index (χ4n) is 3.69. The second-order valence-electron chi connectivity index (χ2n) is 7.15. The first-order valence-corrected chi connectivity index (χ1v) is 10.8. The molecule has 1 aromatic carbocycles. The zero-order chi connectivity index (χ0) is 21.7. The van der Waals surface area contributed by atoms with Gasteiger partial charge in [0.1, 0.15) is 5.00 Å². The number of hydrogen-bond acceptors (Lipinski definition) is 6. The molecule has 0 spiro atoms. The van der Waals surface area contributed by atoms with Crippen LogP contribution in [0.25, 0.3) is 6.08 Å². The number of esters is 1. The lowest BCUT2D eigenvalue weighted by atomic mass is 9.86. The van der Waals surface area contributed by atoms with Gasteiger partial charge in [0.15, 0.2) is 11.5 Å². The maximum Gasteiger partial charge on any atom is 0.341 e. The Balaban J connectivity index is 1.80. The molecule has 1 aliphatic carbocycles. The summed E-state index contributed by atoms with van der Waals surface area (Å²) in [6.07, 6.45) is 7.08. The van der Waals surface area contributed by atoms with Crippen LogP contribution in [0.1, 0.15) is 46.1 Å². The normalized spacial score (nSPS) is 15.5. The first-order chi connectivity index (χ1) is 14.5. The Kier molecular flexibility index (Phi) is 7.15. The molecule has 0 fully saturated rings. The highest BCUT2D eigenvalue weighted by atomic mass is 32.1. The van der Waals surface area contributed by atoms with Crippen LogP contribution in [0.4, 0.5) is 5.00 Å². The van der Waals surface area contributed by atoms with Crippen molar-refractivity contribution >= 4 is 34.3 Å². The molecule has 1 heterocycles. The van der Waals surface area contributed by atoms with Gasteiger partial charge in [-0.2, -0.15) is 0 Å². The van der Waals surface area contributed by atoms with E-state index in [4.69, 9.17) is 14.2 Å². The number of nitrogens with one attached hydrogen (secondary N) is 1. The van der Waals surface area contributed by atoms with Gasteiger partial charge in [-0.05, 0) is 54.5 Å². The zero-order valence-electron chi connectivity index (χ0n) is 17.7. The maximum absolute atomic E-state index is 12.6. The molecule has 0 bridgehead atoms. The van der Waals surface area contributed by atoms with E-state index >= 15 is 0 Å². The molecule has 0 saturated heterocycles. The summed E-state index contributed by atoms with van der Waals surface area (Å²) in [6.45, 7) is 2.19. The summed E-state index contributed by atoms with van der Waals surface area (Å²) in [4.78, 5) is 26.1. The molecule has 0 saturated carbocycles. The van der Waals surface area contributed by atoms with E-state index in [0.717, 1.165) is 36.8 Å².